The average molecular weight is 315 g/mol. The Bertz CT molecular complexity index is 460. The summed E-state index contributed by atoms with van der Waals surface area (Å²) in [5.41, 5.74) is 7.49. The number of ether oxygens (including phenoxy) is 1. The Morgan fingerprint density at radius 3 is 2.33 bits per heavy atom. The molecule has 0 aliphatic rings. The minimum absolute atomic E-state index is 0. The van der Waals surface area contributed by atoms with Crippen molar-refractivity contribution >= 4 is 24.3 Å². The highest BCUT2D eigenvalue weighted by Gasteiger charge is 2.22. The van der Waals surface area contributed by atoms with Gasteiger partial charge in [0.1, 0.15) is 0 Å². The van der Waals surface area contributed by atoms with Gasteiger partial charge in [0.25, 0.3) is 0 Å². The SMILES string of the molecule is COC(=O)C(CNC(=O)CC(C)N)c1ccc(C)cc1.Cl. The van der Waals surface area contributed by atoms with Gasteiger partial charge in [-0.15, -0.1) is 12.4 Å². The highest BCUT2D eigenvalue weighted by molar-refractivity contribution is 5.85. The molecule has 0 spiro atoms. The number of carbonyl (C=O) groups is 2. The minimum Gasteiger partial charge on any atom is -0.468 e. The Balaban J connectivity index is 0.00000400. The van der Waals surface area contributed by atoms with Gasteiger partial charge in [-0.05, 0) is 19.4 Å². The van der Waals surface area contributed by atoms with E-state index in [1.54, 1.807) is 6.92 Å². The van der Waals surface area contributed by atoms with Gasteiger partial charge in [0, 0.05) is 19.0 Å². The molecule has 118 valence electrons. The lowest BCUT2D eigenvalue weighted by Gasteiger charge is -2.16. The molecule has 0 aromatic heterocycles. The van der Waals surface area contributed by atoms with Crippen molar-refractivity contribution in [1.82, 2.24) is 5.32 Å². The van der Waals surface area contributed by atoms with Gasteiger partial charge in [0.05, 0.1) is 13.0 Å². The summed E-state index contributed by atoms with van der Waals surface area (Å²) in [4.78, 5) is 23.4. The van der Waals surface area contributed by atoms with Crippen LogP contribution in [0.2, 0.25) is 0 Å². The van der Waals surface area contributed by atoms with E-state index in [1.807, 2.05) is 31.2 Å². The molecule has 1 aromatic carbocycles. The summed E-state index contributed by atoms with van der Waals surface area (Å²) >= 11 is 0. The molecule has 1 rings (SSSR count). The number of nitrogens with two attached hydrogens (primary N) is 1. The summed E-state index contributed by atoms with van der Waals surface area (Å²) in [5, 5.41) is 2.72. The molecule has 6 heteroatoms. The van der Waals surface area contributed by atoms with Gasteiger partial charge in [-0.1, -0.05) is 29.8 Å². The van der Waals surface area contributed by atoms with Crippen molar-refractivity contribution in [1.29, 1.82) is 0 Å². The summed E-state index contributed by atoms with van der Waals surface area (Å²) in [7, 11) is 1.34. The molecular formula is C15H23ClN2O3. The fourth-order valence-corrected chi connectivity index (χ4v) is 1.86. The van der Waals surface area contributed by atoms with Crippen LogP contribution < -0.4 is 11.1 Å². The van der Waals surface area contributed by atoms with Crippen LogP contribution in [-0.2, 0) is 14.3 Å². The number of rotatable bonds is 6. The van der Waals surface area contributed by atoms with E-state index in [2.05, 4.69) is 5.32 Å². The summed E-state index contributed by atoms with van der Waals surface area (Å²) in [6.45, 7) is 3.94. The zero-order chi connectivity index (χ0) is 15.1. The largest absolute Gasteiger partial charge is 0.468 e. The van der Waals surface area contributed by atoms with Gasteiger partial charge in [0.2, 0.25) is 5.91 Å². The lowest BCUT2D eigenvalue weighted by molar-refractivity contribution is -0.142. The second kappa shape index (κ2) is 9.37. The molecule has 2 unspecified atom stereocenters. The molecule has 0 saturated heterocycles. The van der Waals surface area contributed by atoms with Crippen LogP contribution in [0, 0.1) is 6.92 Å². The lowest BCUT2D eigenvalue weighted by Crippen LogP contribution is -2.35. The first-order valence-corrected chi connectivity index (χ1v) is 6.60. The van der Waals surface area contributed by atoms with E-state index in [9.17, 15) is 9.59 Å². The number of amides is 1. The van der Waals surface area contributed by atoms with Crippen LogP contribution >= 0.6 is 12.4 Å². The lowest BCUT2D eigenvalue weighted by atomic mass is 9.98. The Morgan fingerprint density at radius 1 is 1.29 bits per heavy atom. The van der Waals surface area contributed by atoms with Crippen LogP contribution in [-0.4, -0.2) is 31.6 Å². The zero-order valence-corrected chi connectivity index (χ0v) is 13.4. The second-order valence-electron chi connectivity index (χ2n) is 4.97. The summed E-state index contributed by atoms with van der Waals surface area (Å²) < 4.78 is 4.80. The molecule has 0 fully saturated rings. The van der Waals surface area contributed by atoms with E-state index in [4.69, 9.17) is 10.5 Å². The van der Waals surface area contributed by atoms with Gasteiger partial charge in [-0.2, -0.15) is 0 Å². The quantitative estimate of drug-likeness (QED) is 0.780. The highest BCUT2D eigenvalue weighted by atomic mass is 35.5. The predicted octanol–water partition coefficient (Wildman–Crippen LogP) is 1.53. The number of carbonyl (C=O) groups excluding carboxylic acids is 2. The van der Waals surface area contributed by atoms with Crippen molar-refractivity contribution in [3.8, 4) is 0 Å². The van der Waals surface area contributed by atoms with Crippen molar-refractivity contribution in [2.24, 2.45) is 5.73 Å². The number of benzene rings is 1. The van der Waals surface area contributed by atoms with Gasteiger partial charge in [-0.25, -0.2) is 0 Å². The summed E-state index contributed by atoms with van der Waals surface area (Å²) in [6, 6.07) is 7.39. The number of nitrogens with one attached hydrogen (secondary N) is 1. The fourth-order valence-electron chi connectivity index (χ4n) is 1.86. The molecule has 2 atom stereocenters. The summed E-state index contributed by atoms with van der Waals surface area (Å²) in [5.74, 6) is -1.03. The third kappa shape index (κ3) is 6.60. The van der Waals surface area contributed by atoms with E-state index in [0.717, 1.165) is 11.1 Å². The number of halogens is 1. The van der Waals surface area contributed by atoms with Crippen LogP contribution in [0.1, 0.15) is 30.4 Å². The van der Waals surface area contributed by atoms with Crippen molar-refractivity contribution < 1.29 is 14.3 Å². The predicted molar refractivity (Wildman–Crippen MR) is 84.5 cm³/mol. The van der Waals surface area contributed by atoms with Crippen molar-refractivity contribution in [2.45, 2.75) is 32.2 Å². The molecule has 21 heavy (non-hydrogen) atoms. The molecular weight excluding hydrogens is 292 g/mol. The highest BCUT2D eigenvalue weighted by Crippen LogP contribution is 2.17. The maximum absolute atomic E-state index is 11.8. The average Bonchev–Trinajstić information content (AvgIpc) is 2.39. The second-order valence-corrected chi connectivity index (χ2v) is 4.97. The number of hydrogen-bond acceptors (Lipinski definition) is 4. The number of esters is 1. The van der Waals surface area contributed by atoms with E-state index in [-0.39, 0.29) is 43.3 Å². The molecule has 1 amide bonds. The molecule has 1 aromatic rings. The third-order valence-corrected chi connectivity index (χ3v) is 2.98. The van der Waals surface area contributed by atoms with Crippen LogP contribution in [0.15, 0.2) is 24.3 Å². The van der Waals surface area contributed by atoms with E-state index < -0.39 is 5.92 Å². The Kier molecular flexibility index (Phi) is 8.66. The Labute approximate surface area is 131 Å². The summed E-state index contributed by atoms with van der Waals surface area (Å²) in [6.07, 6.45) is 0.238. The van der Waals surface area contributed by atoms with Crippen molar-refractivity contribution in [2.75, 3.05) is 13.7 Å². The smallest absolute Gasteiger partial charge is 0.314 e. The van der Waals surface area contributed by atoms with E-state index in [0.29, 0.717) is 0 Å². The van der Waals surface area contributed by atoms with E-state index >= 15 is 0 Å². The van der Waals surface area contributed by atoms with Gasteiger partial charge in [-0.3, -0.25) is 9.59 Å². The van der Waals surface area contributed by atoms with Gasteiger partial charge >= 0.3 is 5.97 Å². The minimum atomic E-state index is -0.502. The molecule has 3 N–H and O–H groups in total. The fraction of sp³-hybridized carbons (Fsp3) is 0.467. The molecule has 0 aliphatic heterocycles. The van der Waals surface area contributed by atoms with Gasteiger partial charge in [0.15, 0.2) is 0 Å². The number of methoxy groups -OCH3 is 1. The van der Waals surface area contributed by atoms with Crippen LogP contribution in [0.4, 0.5) is 0 Å². The monoisotopic (exact) mass is 314 g/mol. The number of aryl methyl sites for hydroxylation is 1. The van der Waals surface area contributed by atoms with Crippen LogP contribution in [0.3, 0.4) is 0 Å². The van der Waals surface area contributed by atoms with Crippen molar-refractivity contribution in [3.05, 3.63) is 35.4 Å². The first kappa shape index (κ1) is 19.4. The third-order valence-electron chi connectivity index (χ3n) is 2.98. The molecule has 0 bridgehead atoms. The first-order valence-electron chi connectivity index (χ1n) is 6.60. The Hall–Kier alpha value is -1.59. The first-order chi connectivity index (χ1) is 9.43. The maximum Gasteiger partial charge on any atom is 0.314 e. The molecule has 5 nitrogen and oxygen atoms in total. The molecule has 0 radical (unpaired) electrons. The van der Waals surface area contributed by atoms with Gasteiger partial charge < -0.3 is 15.8 Å². The van der Waals surface area contributed by atoms with Crippen LogP contribution in [0.5, 0.6) is 0 Å². The normalized spacial score (nSPS) is 12.8. The standard InChI is InChI=1S/C15H22N2O3.ClH/c1-10-4-6-12(7-5-10)13(15(19)20-3)9-17-14(18)8-11(2)16;/h4-7,11,13H,8-9,16H2,1-3H3,(H,17,18);1H. The van der Waals surface area contributed by atoms with Crippen molar-refractivity contribution in [3.63, 3.8) is 0 Å². The molecule has 0 heterocycles. The van der Waals surface area contributed by atoms with Crippen LogP contribution in [0.25, 0.3) is 0 Å². The maximum atomic E-state index is 11.8. The van der Waals surface area contributed by atoms with E-state index in [1.165, 1.54) is 7.11 Å². The number of hydrogen-bond donors (Lipinski definition) is 2. The topological polar surface area (TPSA) is 81.4 Å². The zero-order valence-electron chi connectivity index (χ0n) is 12.6. The molecule has 0 saturated carbocycles. The molecule has 0 aliphatic carbocycles. The Morgan fingerprint density at radius 2 is 1.86 bits per heavy atom.